The van der Waals surface area contributed by atoms with Gasteiger partial charge < -0.3 is 15.3 Å². The smallest absolute Gasteiger partial charge is 0.109 e. The van der Waals surface area contributed by atoms with E-state index in [1.165, 1.54) is 15.9 Å². The molecule has 3 aromatic carbocycles. The molecule has 0 amide bonds. The van der Waals surface area contributed by atoms with Gasteiger partial charge in [-0.05, 0) is 42.8 Å². The van der Waals surface area contributed by atoms with Gasteiger partial charge in [0, 0.05) is 6.61 Å². The van der Waals surface area contributed by atoms with E-state index < -0.39 is 7.26 Å². The van der Waals surface area contributed by atoms with Gasteiger partial charge >= 0.3 is 0 Å². The lowest BCUT2D eigenvalue weighted by atomic mass is 10.4. The Morgan fingerprint density at radius 1 is 0.536 bits per heavy atom. The standard InChI is InChI=1S/C19H18P.C3H8O.C2H6O2/c1-20(17-11-5-2-6-12-17,18-13-7-3-8-14-18)19-15-9-4-10-16-19;1-2-3-4;3-1-2-4/h2-16H,1H3;4H,2-3H2,1H3;3-4H,1-2H2/q+1;;. The molecule has 3 aromatic rings. The molecule has 4 heteroatoms. The monoisotopic (exact) mass is 399 g/mol. The molecule has 0 spiro atoms. The van der Waals surface area contributed by atoms with E-state index in [1.54, 1.807) is 0 Å². The molecule has 0 heterocycles. The molecule has 0 atom stereocenters. The van der Waals surface area contributed by atoms with E-state index in [0.717, 1.165) is 6.42 Å². The maximum absolute atomic E-state index is 7.88. The van der Waals surface area contributed by atoms with Gasteiger partial charge in [-0.15, -0.1) is 0 Å². The molecule has 0 aromatic heterocycles. The average molecular weight is 399 g/mol. The summed E-state index contributed by atoms with van der Waals surface area (Å²) in [5, 5.41) is 27.4. The third kappa shape index (κ3) is 7.18. The van der Waals surface area contributed by atoms with Crippen molar-refractivity contribution < 1.29 is 15.3 Å². The number of aliphatic hydroxyl groups is 3. The summed E-state index contributed by atoms with van der Waals surface area (Å²) < 4.78 is 0. The number of hydrogen-bond donors (Lipinski definition) is 3. The topological polar surface area (TPSA) is 60.7 Å². The van der Waals surface area contributed by atoms with Crippen molar-refractivity contribution >= 4 is 23.2 Å². The lowest BCUT2D eigenvalue weighted by Crippen LogP contribution is -2.30. The normalized spacial score (nSPS) is 10.2. The van der Waals surface area contributed by atoms with Crippen LogP contribution in [0.25, 0.3) is 0 Å². The molecule has 0 aliphatic rings. The summed E-state index contributed by atoms with van der Waals surface area (Å²) >= 11 is 0. The summed E-state index contributed by atoms with van der Waals surface area (Å²) in [7, 11) is -1.53. The molecule has 0 radical (unpaired) electrons. The van der Waals surface area contributed by atoms with E-state index in [9.17, 15) is 0 Å². The van der Waals surface area contributed by atoms with Gasteiger partial charge in [-0.3, -0.25) is 0 Å². The first-order chi connectivity index (χ1) is 13.6. The summed E-state index contributed by atoms with van der Waals surface area (Å²) in [5.74, 6) is 0. The second-order valence-corrected chi connectivity index (χ2v) is 9.75. The maximum Gasteiger partial charge on any atom is 0.109 e. The zero-order valence-corrected chi connectivity index (χ0v) is 17.7. The molecule has 0 fully saturated rings. The van der Waals surface area contributed by atoms with Crippen molar-refractivity contribution in [3.8, 4) is 0 Å². The predicted molar refractivity (Wildman–Crippen MR) is 123 cm³/mol. The molecule has 0 bridgehead atoms. The van der Waals surface area contributed by atoms with Gasteiger partial charge in [0.25, 0.3) is 0 Å². The highest BCUT2D eigenvalue weighted by atomic mass is 31.2. The first-order valence-corrected chi connectivity index (χ1v) is 11.7. The van der Waals surface area contributed by atoms with Crippen LogP contribution in [0, 0.1) is 0 Å². The number of hydrogen-bond acceptors (Lipinski definition) is 3. The molecule has 3 N–H and O–H groups in total. The Bertz CT molecular complexity index is 629. The van der Waals surface area contributed by atoms with Crippen LogP contribution in [-0.4, -0.2) is 41.8 Å². The molecule has 28 heavy (non-hydrogen) atoms. The van der Waals surface area contributed by atoms with Crippen molar-refractivity contribution in [1.29, 1.82) is 0 Å². The number of aliphatic hydroxyl groups excluding tert-OH is 3. The van der Waals surface area contributed by atoms with E-state index in [-0.39, 0.29) is 13.2 Å². The fourth-order valence-electron chi connectivity index (χ4n) is 2.63. The maximum atomic E-state index is 7.88. The minimum Gasteiger partial charge on any atom is -0.396 e. The van der Waals surface area contributed by atoms with Gasteiger partial charge in [0.15, 0.2) is 0 Å². The first-order valence-electron chi connectivity index (χ1n) is 9.51. The summed E-state index contributed by atoms with van der Waals surface area (Å²) in [4.78, 5) is 0. The molecular formula is C24H32O3P+. The summed E-state index contributed by atoms with van der Waals surface area (Å²) in [6.07, 6.45) is 0.875. The SMILES string of the molecule is CCCO.C[P+](c1ccccc1)(c1ccccc1)c1ccccc1.OCCO. The van der Waals surface area contributed by atoms with Gasteiger partial charge in [-0.1, -0.05) is 61.5 Å². The van der Waals surface area contributed by atoms with Crippen LogP contribution >= 0.6 is 7.26 Å². The van der Waals surface area contributed by atoms with Crippen molar-refractivity contribution in [1.82, 2.24) is 0 Å². The Labute approximate surface area is 169 Å². The number of benzene rings is 3. The van der Waals surface area contributed by atoms with Gasteiger partial charge in [-0.2, -0.15) is 0 Å². The van der Waals surface area contributed by atoms with Gasteiger partial charge in [-0.25, -0.2) is 0 Å². The van der Waals surface area contributed by atoms with E-state index in [1.807, 2.05) is 6.92 Å². The van der Waals surface area contributed by atoms with Crippen LogP contribution in [0.5, 0.6) is 0 Å². The molecule has 3 nitrogen and oxygen atoms in total. The van der Waals surface area contributed by atoms with Crippen LogP contribution in [-0.2, 0) is 0 Å². The van der Waals surface area contributed by atoms with Crippen LogP contribution in [0.3, 0.4) is 0 Å². The molecule has 0 saturated carbocycles. The van der Waals surface area contributed by atoms with E-state index in [4.69, 9.17) is 15.3 Å². The van der Waals surface area contributed by atoms with E-state index in [2.05, 4.69) is 97.7 Å². The van der Waals surface area contributed by atoms with Crippen molar-refractivity contribution in [2.75, 3.05) is 26.5 Å². The Kier molecular flexibility index (Phi) is 12.0. The summed E-state index contributed by atoms with van der Waals surface area (Å²) in [6.45, 7) is 4.41. The second-order valence-electron chi connectivity index (χ2n) is 6.18. The van der Waals surface area contributed by atoms with Gasteiger partial charge in [0.1, 0.15) is 23.2 Å². The third-order valence-electron chi connectivity index (χ3n) is 4.14. The summed E-state index contributed by atoms with van der Waals surface area (Å²) in [6, 6.07) is 32.6. The zero-order valence-electron chi connectivity index (χ0n) is 16.8. The highest BCUT2D eigenvalue weighted by Crippen LogP contribution is 2.51. The molecule has 0 saturated heterocycles. The minimum atomic E-state index is -1.53. The fraction of sp³-hybridized carbons (Fsp3) is 0.250. The van der Waals surface area contributed by atoms with Crippen LogP contribution in [0.1, 0.15) is 13.3 Å². The molecular weight excluding hydrogens is 367 g/mol. The fourth-order valence-corrected chi connectivity index (χ4v) is 5.83. The number of rotatable bonds is 5. The minimum absolute atomic E-state index is 0.125. The Hall–Kier alpha value is -2.03. The lowest BCUT2D eigenvalue weighted by molar-refractivity contribution is 0.186. The zero-order chi connectivity index (χ0) is 20.7. The highest BCUT2D eigenvalue weighted by Gasteiger charge is 2.39. The Balaban J connectivity index is 0.000000420. The van der Waals surface area contributed by atoms with Crippen LogP contribution in [0.4, 0.5) is 0 Å². The van der Waals surface area contributed by atoms with Crippen LogP contribution < -0.4 is 15.9 Å². The van der Waals surface area contributed by atoms with Crippen molar-refractivity contribution in [3.05, 3.63) is 91.0 Å². The lowest BCUT2D eigenvalue weighted by Gasteiger charge is -2.22. The Morgan fingerprint density at radius 3 is 0.964 bits per heavy atom. The van der Waals surface area contributed by atoms with Crippen molar-refractivity contribution in [2.45, 2.75) is 13.3 Å². The van der Waals surface area contributed by atoms with E-state index in [0.29, 0.717) is 6.61 Å². The first kappa shape index (κ1) is 24.0. The highest BCUT2D eigenvalue weighted by molar-refractivity contribution is 7.95. The van der Waals surface area contributed by atoms with Gasteiger partial charge in [0.05, 0.1) is 19.9 Å². The largest absolute Gasteiger partial charge is 0.396 e. The summed E-state index contributed by atoms with van der Waals surface area (Å²) in [5.41, 5.74) is 0. The molecule has 0 unspecified atom stereocenters. The van der Waals surface area contributed by atoms with Gasteiger partial charge in [0.2, 0.25) is 0 Å². The third-order valence-corrected chi connectivity index (χ3v) is 8.13. The quantitative estimate of drug-likeness (QED) is 0.578. The van der Waals surface area contributed by atoms with Crippen molar-refractivity contribution in [3.63, 3.8) is 0 Å². The van der Waals surface area contributed by atoms with Crippen LogP contribution in [0.2, 0.25) is 0 Å². The van der Waals surface area contributed by atoms with Crippen molar-refractivity contribution in [2.24, 2.45) is 0 Å². The molecule has 150 valence electrons. The second kappa shape index (κ2) is 14.0. The molecule has 3 rings (SSSR count). The van der Waals surface area contributed by atoms with Crippen LogP contribution in [0.15, 0.2) is 91.0 Å². The predicted octanol–water partition coefficient (Wildman–Crippen LogP) is 2.97. The molecule has 0 aliphatic carbocycles. The Morgan fingerprint density at radius 2 is 0.786 bits per heavy atom. The average Bonchev–Trinajstić information content (AvgIpc) is 2.80. The van der Waals surface area contributed by atoms with E-state index >= 15 is 0 Å². The molecule has 0 aliphatic heterocycles.